The van der Waals surface area contributed by atoms with Gasteiger partial charge in [0.05, 0.1) is 5.71 Å². The van der Waals surface area contributed by atoms with Crippen LogP contribution in [-0.4, -0.2) is 23.2 Å². The Kier molecular flexibility index (Phi) is 4.77. The van der Waals surface area contributed by atoms with Crippen molar-refractivity contribution in [2.45, 2.75) is 13.5 Å². The highest BCUT2D eigenvalue weighted by Crippen LogP contribution is 2.27. The molecule has 0 heterocycles. The van der Waals surface area contributed by atoms with E-state index in [-0.39, 0.29) is 11.4 Å². The average Bonchev–Trinajstić information content (AvgIpc) is 2.48. The van der Waals surface area contributed by atoms with E-state index in [0.29, 0.717) is 23.9 Å². The van der Waals surface area contributed by atoms with Crippen molar-refractivity contribution in [3.8, 4) is 5.75 Å². The van der Waals surface area contributed by atoms with Gasteiger partial charge in [-0.3, -0.25) is 5.41 Å². The van der Waals surface area contributed by atoms with Gasteiger partial charge in [0.25, 0.3) is 0 Å². The molecule has 0 radical (unpaired) electrons. The van der Waals surface area contributed by atoms with Gasteiger partial charge < -0.3 is 15.7 Å². The minimum absolute atomic E-state index is 0.143. The van der Waals surface area contributed by atoms with Gasteiger partial charge in [0, 0.05) is 17.1 Å². The largest absolute Gasteiger partial charge is 0.489 e. The van der Waals surface area contributed by atoms with Crippen LogP contribution < -0.4 is 10.5 Å². The molecule has 0 amide bonds. The first-order chi connectivity index (χ1) is 10.0. The van der Waals surface area contributed by atoms with Crippen LogP contribution in [-0.2, 0) is 6.54 Å². The lowest BCUT2D eigenvalue weighted by Crippen LogP contribution is -2.14. The van der Waals surface area contributed by atoms with E-state index in [0.717, 1.165) is 16.7 Å². The third kappa shape index (κ3) is 3.51. The summed E-state index contributed by atoms with van der Waals surface area (Å²) in [6, 6.07) is 3.65. The van der Waals surface area contributed by atoms with Crippen molar-refractivity contribution in [2.24, 2.45) is 10.9 Å². The number of halogens is 1. The summed E-state index contributed by atoms with van der Waals surface area (Å²) < 4.78 is 5.76. The molecular formula is C15H16ClN3O2. The lowest BCUT2D eigenvalue weighted by atomic mass is 10.0. The number of oxime groups is 1. The third-order valence-corrected chi connectivity index (χ3v) is 3.53. The second-order valence-corrected chi connectivity index (χ2v) is 5.06. The molecule has 0 saturated carbocycles. The fraction of sp³-hybridized carbons (Fsp3) is 0.200. The van der Waals surface area contributed by atoms with E-state index >= 15 is 0 Å². The molecule has 0 aliphatic heterocycles. The molecule has 0 saturated heterocycles. The quantitative estimate of drug-likeness (QED) is 0.454. The van der Waals surface area contributed by atoms with Gasteiger partial charge in [-0.05, 0) is 42.3 Å². The number of nitrogens with zero attached hydrogens (tertiary/aromatic N) is 1. The van der Waals surface area contributed by atoms with Gasteiger partial charge in [0.1, 0.15) is 18.1 Å². The first-order valence-electron chi connectivity index (χ1n) is 6.36. The lowest BCUT2D eigenvalue weighted by Gasteiger charge is -2.14. The van der Waals surface area contributed by atoms with E-state index in [2.05, 4.69) is 5.16 Å². The minimum atomic E-state index is 0.143. The summed E-state index contributed by atoms with van der Waals surface area (Å²) >= 11 is 6.07. The summed E-state index contributed by atoms with van der Waals surface area (Å²) in [6.07, 6.45) is 4.91. The van der Waals surface area contributed by atoms with Crippen molar-refractivity contribution in [3.05, 3.63) is 52.1 Å². The summed E-state index contributed by atoms with van der Waals surface area (Å²) in [6.45, 7) is 2.53. The topological polar surface area (TPSA) is 91.7 Å². The van der Waals surface area contributed by atoms with E-state index in [1.807, 2.05) is 13.0 Å². The molecule has 2 rings (SSSR count). The number of ether oxygens (including phenoxy) is 1. The van der Waals surface area contributed by atoms with Gasteiger partial charge in [0.15, 0.2) is 0 Å². The second kappa shape index (κ2) is 6.56. The van der Waals surface area contributed by atoms with Crippen molar-refractivity contribution >= 4 is 23.0 Å². The number of nitrogens with two attached hydrogens (primary N) is 1. The van der Waals surface area contributed by atoms with Gasteiger partial charge in [0.2, 0.25) is 0 Å². The molecular weight excluding hydrogens is 290 g/mol. The molecule has 1 aliphatic carbocycles. The fourth-order valence-corrected chi connectivity index (χ4v) is 2.10. The van der Waals surface area contributed by atoms with E-state index in [9.17, 15) is 0 Å². The Bertz CT molecular complexity index is 663. The molecule has 1 aromatic carbocycles. The fourth-order valence-electron chi connectivity index (χ4n) is 1.91. The molecule has 4 N–H and O–H groups in total. The molecule has 6 heteroatoms. The van der Waals surface area contributed by atoms with E-state index in [1.165, 1.54) is 0 Å². The number of hydrogen-bond acceptors (Lipinski definition) is 5. The number of nitrogens with one attached hydrogen (secondary N) is 1. The smallest absolute Gasteiger partial charge is 0.127 e. The SMILES string of the molecule is Cc1cc(OCC2=CC(=N)/C(=N\O)C=C2)c(CN)cc1Cl. The molecule has 0 atom stereocenters. The Hall–Kier alpha value is -2.11. The Balaban J connectivity index is 2.13. The van der Waals surface area contributed by atoms with Crippen molar-refractivity contribution in [1.82, 2.24) is 0 Å². The lowest BCUT2D eigenvalue weighted by molar-refractivity contribution is 0.320. The predicted molar refractivity (Wildman–Crippen MR) is 83.7 cm³/mol. The summed E-state index contributed by atoms with van der Waals surface area (Å²) in [5.74, 6) is 0.682. The number of allylic oxidation sites excluding steroid dienone is 2. The third-order valence-electron chi connectivity index (χ3n) is 3.12. The van der Waals surface area contributed by atoms with Crippen LogP contribution in [0, 0.1) is 12.3 Å². The number of aryl methyl sites for hydroxylation is 1. The number of benzene rings is 1. The van der Waals surface area contributed by atoms with Gasteiger partial charge in [-0.25, -0.2) is 0 Å². The van der Waals surface area contributed by atoms with Crippen LogP contribution in [0.3, 0.4) is 0 Å². The zero-order chi connectivity index (χ0) is 15.4. The molecule has 0 spiro atoms. The zero-order valence-corrected chi connectivity index (χ0v) is 12.3. The molecule has 1 aromatic rings. The average molecular weight is 306 g/mol. The summed E-state index contributed by atoms with van der Waals surface area (Å²) in [7, 11) is 0. The maximum absolute atomic E-state index is 8.69. The standard InChI is InChI=1S/C15H16ClN3O2/c1-9-4-15(11(7-17)6-12(9)16)21-8-10-2-3-14(19-20)13(18)5-10/h2-6,18,20H,7-8,17H2,1H3/b18-13?,19-14-. The van der Waals surface area contributed by atoms with Crippen molar-refractivity contribution in [3.63, 3.8) is 0 Å². The molecule has 21 heavy (non-hydrogen) atoms. The molecule has 0 unspecified atom stereocenters. The van der Waals surface area contributed by atoms with Crippen molar-refractivity contribution in [2.75, 3.05) is 6.61 Å². The van der Waals surface area contributed by atoms with Crippen LogP contribution in [0.15, 0.2) is 41.1 Å². The van der Waals surface area contributed by atoms with Crippen LogP contribution in [0.1, 0.15) is 11.1 Å². The normalized spacial score (nSPS) is 16.2. The maximum Gasteiger partial charge on any atom is 0.127 e. The number of hydrogen-bond donors (Lipinski definition) is 3. The Morgan fingerprint density at radius 3 is 2.76 bits per heavy atom. The van der Waals surface area contributed by atoms with Crippen molar-refractivity contribution < 1.29 is 9.94 Å². The van der Waals surface area contributed by atoms with Gasteiger partial charge in [-0.15, -0.1) is 0 Å². The highest BCUT2D eigenvalue weighted by molar-refractivity contribution is 6.50. The van der Waals surface area contributed by atoms with Crippen molar-refractivity contribution in [1.29, 1.82) is 5.41 Å². The summed E-state index contributed by atoms with van der Waals surface area (Å²) in [5, 5.41) is 20.1. The first-order valence-corrected chi connectivity index (χ1v) is 6.74. The zero-order valence-electron chi connectivity index (χ0n) is 11.6. The van der Waals surface area contributed by atoms with Crippen LogP contribution in [0.4, 0.5) is 0 Å². The molecule has 1 aliphatic rings. The number of rotatable bonds is 4. The van der Waals surface area contributed by atoms with Gasteiger partial charge in [-0.1, -0.05) is 22.8 Å². The van der Waals surface area contributed by atoms with E-state index in [4.69, 9.17) is 32.7 Å². The second-order valence-electron chi connectivity index (χ2n) is 4.65. The molecule has 5 nitrogen and oxygen atoms in total. The Morgan fingerprint density at radius 1 is 1.38 bits per heavy atom. The summed E-state index contributed by atoms with van der Waals surface area (Å²) in [4.78, 5) is 0. The Morgan fingerprint density at radius 2 is 2.14 bits per heavy atom. The summed E-state index contributed by atoms with van der Waals surface area (Å²) in [5.41, 5.74) is 8.62. The van der Waals surface area contributed by atoms with E-state index < -0.39 is 0 Å². The maximum atomic E-state index is 8.69. The van der Waals surface area contributed by atoms with Crippen LogP contribution in [0.5, 0.6) is 5.75 Å². The highest BCUT2D eigenvalue weighted by atomic mass is 35.5. The monoisotopic (exact) mass is 305 g/mol. The van der Waals surface area contributed by atoms with Crippen LogP contribution in [0.2, 0.25) is 5.02 Å². The van der Waals surface area contributed by atoms with Crippen LogP contribution >= 0.6 is 11.6 Å². The predicted octanol–water partition coefficient (Wildman–Crippen LogP) is 2.83. The van der Waals surface area contributed by atoms with Gasteiger partial charge in [-0.2, -0.15) is 0 Å². The molecule has 0 fully saturated rings. The van der Waals surface area contributed by atoms with Crippen LogP contribution in [0.25, 0.3) is 0 Å². The van der Waals surface area contributed by atoms with Gasteiger partial charge >= 0.3 is 0 Å². The molecule has 0 bridgehead atoms. The minimum Gasteiger partial charge on any atom is -0.489 e. The first kappa shape index (κ1) is 15.3. The van der Waals surface area contributed by atoms with E-state index in [1.54, 1.807) is 24.3 Å². The molecule has 0 aromatic heterocycles. The molecule has 110 valence electrons. The Labute approximate surface area is 127 Å². The highest BCUT2D eigenvalue weighted by Gasteiger charge is 2.11.